The molecule has 0 radical (unpaired) electrons. The van der Waals surface area contributed by atoms with Gasteiger partial charge in [-0.05, 0) is 60.8 Å². The monoisotopic (exact) mass is 284 g/mol. The van der Waals surface area contributed by atoms with Crippen LogP contribution in [0.1, 0.15) is 55.2 Å². The number of alkyl halides is 1. The quantitative estimate of drug-likeness (QED) is 0.579. The Morgan fingerprint density at radius 2 is 1.83 bits per heavy atom. The number of halogens is 2. The average molecular weight is 285 g/mol. The van der Waals surface area contributed by atoms with Gasteiger partial charge in [-0.25, -0.2) is 0 Å². The highest BCUT2D eigenvalue weighted by Crippen LogP contribution is 2.52. The zero-order chi connectivity index (χ0) is 13.5. The van der Waals surface area contributed by atoms with Crippen molar-refractivity contribution in [2.45, 2.75) is 52.3 Å². The summed E-state index contributed by atoms with van der Waals surface area (Å²) in [6, 6.07) is 4.22. The molecule has 0 heterocycles. The van der Waals surface area contributed by atoms with E-state index in [2.05, 4.69) is 33.8 Å². The van der Waals surface area contributed by atoms with E-state index in [1.54, 1.807) is 0 Å². The lowest BCUT2D eigenvalue weighted by Crippen LogP contribution is -2.21. The highest BCUT2D eigenvalue weighted by molar-refractivity contribution is 6.33. The van der Waals surface area contributed by atoms with Crippen LogP contribution in [0.4, 0.5) is 0 Å². The summed E-state index contributed by atoms with van der Waals surface area (Å²) in [5.41, 5.74) is 3.95. The van der Waals surface area contributed by atoms with Crippen LogP contribution in [0.3, 0.4) is 0 Å². The van der Waals surface area contributed by atoms with Gasteiger partial charge in [0, 0.05) is 5.02 Å². The summed E-state index contributed by atoms with van der Waals surface area (Å²) in [4.78, 5) is 0. The molecule has 0 nitrogen and oxygen atoms in total. The van der Waals surface area contributed by atoms with E-state index in [4.69, 9.17) is 23.2 Å². The predicted molar refractivity (Wildman–Crippen MR) is 80.6 cm³/mol. The second-order valence-electron chi connectivity index (χ2n) is 6.35. The molecule has 100 valence electrons. The first kappa shape index (κ1) is 14.2. The Bertz CT molecular complexity index is 449. The lowest BCUT2D eigenvalue weighted by Gasteiger charge is -2.31. The van der Waals surface area contributed by atoms with Crippen LogP contribution >= 0.6 is 23.2 Å². The smallest absolute Gasteiger partial charge is 0.0633 e. The fourth-order valence-electron chi connectivity index (χ4n) is 3.13. The Balaban J connectivity index is 2.34. The molecule has 1 aliphatic carbocycles. The maximum Gasteiger partial charge on any atom is 0.0633 e. The molecular formula is C16H22Cl2. The number of hydrogen-bond donors (Lipinski definition) is 0. The Hall–Kier alpha value is -0.200. The molecule has 0 N–H and O–H groups in total. The molecule has 2 unspecified atom stereocenters. The van der Waals surface area contributed by atoms with Crippen LogP contribution in [0, 0.1) is 25.2 Å². The highest BCUT2D eigenvalue weighted by Gasteiger charge is 2.39. The molecule has 1 saturated carbocycles. The summed E-state index contributed by atoms with van der Waals surface area (Å²) in [5.74, 6) is 0.527. The number of aryl methyl sites for hydroxylation is 2. The third kappa shape index (κ3) is 2.56. The van der Waals surface area contributed by atoms with Crippen LogP contribution in [0.2, 0.25) is 5.02 Å². The van der Waals surface area contributed by atoms with Gasteiger partial charge >= 0.3 is 0 Å². The van der Waals surface area contributed by atoms with Crippen LogP contribution < -0.4 is 0 Å². The molecule has 2 heteroatoms. The van der Waals surface area contributed by atoms with Gasteiger partial charge in [-0.15, -0.1) is 11.6 Å². The SMILES string of the molecule is Cc1cc(Cl)c(C(Cl)C2CCCC2(C)C)cc1C. The fourth-order valence-corrected chi connectivity index (χ4v) is 4.17. The second kappa shape index (κ2) is 5.06. The van der Waals surface area contributed by atoms with E-state index < -0.39 is 0 Å². The maximum atomic E-state index is 6.74. The van der Waals surface area contributed by atoms with Crippen molar-refractivity contribution in [2.24, 2.45) is 11.3 Å². The Morgan fingerprint density at radius 1 is 1.22 bits per heavy atom. The lowest BCUT2D eigenvalue weighted by molar-refractivity contribution is 0.252. The normalized spacial score (nSPS) is 24.2. The Labute approximate surface area is 121 Å². The summed E-state index contributed by atoms with van der Waals surface area (Å²) in [7, 11) is 0. The molecule has 1 aromatic rings. The molecule has 0 aliphatic heterocycles. The molecule has 18 heavy (non-hydrogen) atoms. The van der Waals surface area contributed by atoms with E-state index in [9.17, 15) is 0 Å². The first-order valence-corrected chi connectivity index (χ1v) is 7.55. The van der Waals surface area contributed by atoms with Gasteiger partial charge in [0.1, 0.15) is 0 Å². The van der Waals surface area contributed by atoms with Crippen molar-refractivity contribution >= 4 is 23.2 Å². The first-order valence-electron chi connectivity index (χ1n) is 6.73. The molecule has 2 rings (SSSR count). The predicted octanol–water partition coefficient (Wildman–Crippen LogP) is 6.06. The second-order valence-corrected chi connectivity index (χ2v) is 7.22. The molecule has 2 atom stereocenters. The average Bonchev–Trinajstić information content (AvgIpc) is 2.62. The zero-order valence-electron chi connectivity index (χ0n) is 11.7. The minimum Gasteiger partial charge on any atom is -0.117 e. The van der Waals surface area contributed by atoms with Gasteiger partial charge in [-0.1, -0.05) is 37.9 Å². The molecule has 0 saturated heterocycles. The van der Waals surface area contributed by atoms with Crippen molar-refractivity contribution in [1.82, 2.24) is 0 Å². The summed E-state index contributed by atoms with van der Waals surface area (Å²) >= 11 is 13.1. The topological polar surface area (TPSA) is 0 Å². The molecular weight excluding hydrogens is 263 g/mol. The van der Waals surface area contributed by atoms with E-state index >= 15 is 0 Å². The molecule has 1 fully saturated rings. The zero-order valence-corrected chi connectivity index (χ0v) is 13.2. The molecule has 1 aliphatic rings. The molecule has 0 aromatic heterocycles. The van der Waals surface area contributed by atoms with Crippen LogP contribution in [-0.2, 0) is 0 Å². The summed E-state index contributed by atoms with van der Waals surface area (Å²) in [6.45, 7) is 8.87. The lowest BCUT2D eigenvalue weighted by atomic mass is 9.78. The van der Waals surface area contributed by atoms with Crippen LogP contribution in [0.15, 0.2) is 12.1 Å². The van der Waals surface area contributed by atoms with E-state index in [0.717, 1.165) is 10.6 Å². The van der Waals surface area contributed by atoms with Crippen LogP contribution in [-0.4, -0.2) is 0 Å². The third-order valence-corrected chi connectivity index (χ3v) is 5.47. The number of hydrogen-bond acceptors (Lipinski definition) is 0. The molecule has 0 spiro atoms. The number of rotatable bonds is 2. The highest BCUT2D eigenvalue weighted by atomic mass is 35.5. The Morgan fingerprint density at radius 3 is 2.39 bits per heavy atom. The van der Waals surface area contributed by atoms with Crippen molar-refractivity contribution in [3.05, 3.63) is 33.8 Å². The Kier molecular flexibility index (Phi) is 3.99. The summed E-state index contributed by atoms with van der Waals surface area (Å²) < 4.78 is 0. The minimum absolute atomic E-state index is 0.0364. The third-order valence-electron chi connectivity index (χ3n) is 4.60. The minimum atomic E-state index is 0.0364. The van der Waals surface area contributed by atoms with E-state index in [1.165, 1.54) is 30.4 Å². The van der Waals surface area contributed by atoms with Gasteiger partial charge in [-0.2, -0.15) is 0 Å². The maximum absolute atomic E-state index is 6.74. The van der Waals surface area contributed by atoms with Gasteiger partial charge < -0.3 is 0 Å². The van der Waals surface area contributed by atoms with Crippen molar-refractivity contribution < 1.29 is 0 Å². The van der Waals surface area contributed by atoms with Gasteiger partial charge in [0.05, 0.1) is 5.38 Å². The first-order chi connectivity index (χ1) is 8.33. The molecule has 0 amide bonds. The van der Waals surface area contributed by atoms with E-state index in [0.29, 0.717) is 11.3 Å². The van der Waals surface area contributed by atoms with E-state index in [-0.39, 0.29) is 5.38 Å². The largest absolute Gasteiger partial charge is 0.117 e. The van der Waals surface area contributed by atoms with Gasteiger partial charge in [0.25, 0.3) is 0 Å². The van der Waals surface area contributed by atoms with Gasteiger partial charge in [-0.3, -0.25) is 0 Å². The van der Waals surface area contributed by atoms with Crippen molar-refractivity contribution in [3.8, 4) is 0 Å². The molecule has 0 bridgehead atoms. The van der Waals surface area contributed by atoms with Gasteiger partial charge in [0.15, 0.2) is 0 Å². The standard InChI is InChI=1S/C16H22Cl2/c1-10-8-12(14(17)9-11(10)2)15(18)13-6-5-7-16(13,3)4/h8-9,13,15H,5-7H2,1-4H3. The van der Waals surface area contributed by atoms with Gasteiger partial charge in [0.2, 0.25) is 0 Å². The fraction of sp³-hybridized carbons (Fsp3) is 0.625. The van der Waals surface area contributed by atoms with Crippen molar-refractivity contribution in [1.29, 1.82) is 0 Å². The summed E-state index contributed by atoms with van der Waals surface area (Å²) in [6.07, 6.45) is 3.76. The van der Waals surface area contributed by atoms with Crippen LogP contribution in [0.25, 0.3) is 0 Å². The van der Waals surface area contributed by atoms with Crippen molar-refractivity contribution in [3.63, 3.8) is 0 Å². The number of benzene rings is 1. The summed E-state index contributed by atoms with van der Waals surface area (Å²) in [5, 5.41) is 0.857. The van der Waals surface area contributed by atoms with E-state index in [1.807, 2.05) is 6.07 Å². The molecule has 1 aromatic carbocycles. The van der Waals surface area contributed by atoms with Crippen molar-refractivity contribution in [2.75, 3.05) is 0 Å². The van der Waals surface area contributed by atoms with Crippen LogP contribution in [0.5, 0.6) is 0 Å².